The van der Waals surface area contributed by atoms with Crippen LogP contribution in [0.25, 0.3) is 0 Å². The summed E-state index contributed by atoms with van der Waals surface area (Å²) >= 11 is 0. The summed E-state index contributed by atoms with van der Waals surface area (Å²) in [5.41, 5.74) is 2.39. The average molecular weight is 421 g/mol. The van der Waals surface area contributed by atoms with Gasteiger partial charge in [-0.3, -0.25) is 4.79 Å². The molecule has 0 unspecified atom stereocenters. The predicted molar refractivity (Wildman–Crippen MR) is 119 cm³/mol. The van der Waals surface area contributed by atoms with Crippen LogP contribution in [-0.2, 0) is 13.1 Å². The summed E-state index contributed by atoms with van der Waals surface area (Å²) in [6.45, 7) is 7.06. The second-order valence-electron chi connectivity index (χ2n) is 7.48. The number of rotatable bonds is 6. The van der Waals surface area contributed by atoms with E-state index in [4.69, 9.17) is 9.41 Å². The summed E-state index contributed by atoms with van der Waals surface area (Å²) in [6.07, 6.45) is 7.10. The van der Waals surface area contributed by atoms with E-state index in [1.54, 1.807) is 18.3 Å². The molecule has 0 radical (unpaired) electrons. The maximum atomic E-state index is 12.5. The first-order valence-electron chi connectivity index (χ1n) is 10.6. The van der Waals surface area contributed by atoms with Crippen LogP contribution in [0.2, 0.25) is 0 Å². The second-order valence-corrected chi connectivity index (χ2v) is 7.48. The number of amides is 1. The molecule has 0 bridgehead atoms. The Balaban J connectivity index is 1.33. The first-order chi connectivity index (χ1) is 15.2. The Kier molecular flexibility index (Phi) is 6.66. The van der Waals surface area contributed by atoms with E-state index in [2.05, 4.69) is 46.4 Å². The molecule has 0 aliphatic carbocycles. The van der Waals surface area contributed by atoms with Gasteiger partial charge in [0.1, 0.15) is 0 Å². The number of nitrogens with zero attached hydrogens (tertiary/aromatic N) is 5. The lowest BCUT2D eigenvalue weighted by atomic mass is 10.1. The molecule has 1 saturated heterocycles. The number of aliphatic imine (C=N–C) groups is 1. The van der Waals surface area contributed by atoms with Crippen LogP contribution in [0.15, 0.2) is 70.8 Å². The molecule has 2 aromatic heterocycles. The third-order valence-electron chi connectivity index (χ3n) is 5.29. The molecule has 162 valence electrons. The number of benzene rings is 1. The van der Waals surface area contributed by atoms with Crippen molar-refractivity contribution in [2.24, 2.45) is 4.99 Å². The largest absolute Gasteiger partial charge is 0.459 e. The number of hydrogen-bond donors (Lipinski definition) is 1. The highest BCUT2D eigenvalue weighted by Gasteiger charge is 2.25. The number of aromatic nitrogens is 2. The van der Waals surface area contributed by atoms with Gasteiger partial charge in [0.25, 0.3) is 5.91 Å². The van der Waals surface area contributed by atoms with E-state index in [1.165, 1.54) is 11.8 Å². The van der Waals surface area contributed by atoms with Crippen LogP contribution in [0, 0.1) is 0 Å². The summed E-state index contributed by atoms with van der Waals surface area (Å²) in [5.74, 6) is 1.22. The van der Waals surface area contributed by atoms with Crippen molar-refractivity contribution in [2.75, 3.05) is 32.7 Å². The van der Waals surface area contributed by atoms with Gasteiger partial charge in [-0.25, -0.2) is 9.98 Å². The zero-order valence-electron chi connectivity index (χ0n) is 17.8. The first kappa shape index (κ1) is 20.7. The summed E-state index contributed by atoms with van der Waals surface area (Å²) in [6, 6.07) is 12.0. The van der Waals surface area contributed by atoms with E-state index >= 15 is 0 Å². The van der Waals surface area contributed by atoms with Crippen LogP contribution in [0.4, 0.5) is 0 Å². The Morgan fingerprint density at radius 3 is 2.48 bits per heavy atom. The van der Waals surface area contributed by atoms with Crippen molar-refractivity contribution in [3.05, 3.63) is 78.3 Å². The van der Waals surface area contributed by atoms with E-state index in [0.717, 1.165) is 37.7 Å². The number of furan rings is 1. The van der Waals surface area contributed by atoms with Crippen molar-refractivity contribution in [3.8, 4) is 0 Å². The van der Waals surface area contributed by atoms with Crippen molar-refractivity contribution in [1.29, 1.82) is 0 Å². The number of guanidine groups is 1. The SMILES string of the molecule is CCNC(=NCc1ccc(Cn2ccnc2)cc1)N1CCN(C(=O)c2ccco2)CC1. The Morgan fingerprint density at radius 2 is 1.84 bits per heavy atom. The molecule has 0 spiro atoms. The molecule has 8 nitrogen and oxygen atoms in total. The molecule has 1 N–H and O–H groups in total. The molecule has 31 heavy (non-hydrogen) atoms. The highest BCUT2D eigenvalue weighted by atomic mass is 16.3. The van der Waals surface area contributed by atoms with E-state index in [-0.39, 0.29) is 5.91 Å². The van der Waals surface area contributed by atoms with E-state index in [9.17, 15) is 4.79 Å². The summed E-state index contributed by atoms with van der Waals surface area (Å²) in [7, 11) is 0. The van der Waals surface area contributed by atoms with Gasteiger partial charge in [-0.05, 0) is 30.2 Å². The van der Waals surface area contributed by atoms with Crippen LogP contribution in [-0.4, -0.2) is 63.9 Å². The molecule has 1 aliphatic heterocycles. The lowest BCUT2D eigenvalue weighted by Crippen LogP contribution is -2.53. The Hall–Kier alpha value is -3.55. The fraction of sp³-hybridized carbons (Fsp3) is 0.348. The number of piperazine rings is 1. The quantitative estimate of drug-likeness (QED) is 0.490. The fourth-order valence-corrected chi connectivity index (χ4v) is 3.61. The highest BCUT2D eigenvalue weighted by molar-refractivity contribution is 5.91. The smallest absolute Gasteiger partial charge is 0.289 e. The van der Waals surface area contributed by atoms with Crippen LogP contribution >= 0.6 is 0 Å². The molecule has 1 fully saturated rings. The minimum absolute atomic E-state index is 0.0534. The van der Waals surface area contributed by atoms with Gasteiger partial charge in [0.2, 0.25) is 0 Å². The lowest BCUT2D eigenvalue weighted by molar-refractivity contribution is 0.0657. The molecular formula is C23H28N6O2. The van der Waals surface area contributed by atoms with Gasteiger partial charge in [-0.2, -0.15) is 0 Å². The van der Waals surface area contributed by atoms with E-state index in [0.29, 0.717) is 25.4 Å². The standard InChI is InChI=1S/C23H28N6O2/c1-2-25-23(29-13-11-28(12-14-29)22(30)21-4-3-15-31-21)26-16-19-5-7-20(8-6-19)17-27-10-9-24-18-27/h3-10,15,18H,2,11-14,16-17H2,1H3,(H,25,26). The van der Waals surface area contributed by atoms with Crippen molar-refractivity contribution in [1.82, 2.24) is 24.7 Å². The molecular weight excluding hydrogens is 392 g/mol. The third-order valence-corrected chi connectivity index (χ3v) is 5.29. The van der Waals surface area contributed by atoms with E-state index < -0.39 is 0 Å². The Bertz CT molecular complexity index is 972. The van der Waals surface area contributed by atoms with E-state index in [1.807, 2.05) is 22.0 Å². The zero-order chi connectivity index (χ0) is 21.5. The number of hydrogen-bond acceptors (Lipinski definition) is 4. The number of imidazole rings is 1. The molecule has 0 saturated carbocycles. The first-order valence-corrected chi connectivity index (χ1v) is 10.6. The topological polar surface area (TPSA) is 78.9 Å². The molecule has 4 rings (SSSR count). The van der Waals surface area contributed by atoms with Gasteiger partial charge in [0.05, 0.1) is 19.1 Å². The maximum Gasteiger partial charge on any atom is 0.289 e. The number of carbonyl (C=O) groups is 1. The van der Waals surface area contributed by atoms with Gasteiger partial charge < -0.3 is 24.1 Å². The monoisotopic (exact) mass is 420 g/mol. The molecule has 8 heteroatoms. The molecule has 0 atom stereocenters. The van der Waals surface area contributed by atoms with Crippen LogP contribution in [0.1, 0.15) is 28.6 Å². The molecule has 1 aromatic carbocycles. The average Bonchev–Trinajstić information content (AvgIpc) is 3.52. The zero-order valence-corrected chi connectivity index (χ0v) is 17.8. The van der Waals surface area contributed by atoms with Crippen molar-refractivity contribution < 1.29 is 9.21 Å². The normalized spacial score (nSPS) is 14.7. The van der Waals surface area contributed by atoms with Crippen LogP contribution in [0.5, 0.6) is 0 Å². The second kappa shape index (κ2) is 9.97. The Morgan fingerprint density at radius 1 is 1.10 bits per heavy atom. The molecule has 3 aromatic rings. The van der Waals surface area contributed by atoms with Crippen LogP contribution < -0.4 is 5.32 Å². The van der Waals surface area contributed by atoms with Gasteiger partial charge in [0.15, 0.2) is 11.7 Å². The van der Waals surface area contributed by atoms with Crippen molar-refractivity contribution in [3.63, 3.8) is 0 Å². The minimum atomic E-state index is -0.0534. The van der Waals surface area contributed by atoms with Crippen molar-refractivity contribution >= 4 is 11.9 Å². The minimum Gasteiger partial charge on any atom is -0.459 e. The van der Waals surface area contributed by atoms with Gasteiger partial charge in [-0.1, -0.05) is 24.3 Å². The maximum absolute atomic E-state index is 12.5. The predicted octanol–water partition coefficient (Wildman–Crippen LogP) is 2.45. The summed E-state index contributed by atoms with van der Waals surface area (Å²) in [5, 5.41) is 3.38. The van der Waals surface area contributed by atoms with Gasteiger partial charge in [0, 0.05) is 51.7 Å². The molecule has 3 heterocycles. The van der Waals surface area contributed by atoms with Gasteiger partial charge in [-0.15, -0.1) is 0 Å². The molecule has 1 amide bonds. The number of nitrogens with one attached hydrogen (secondary N) is 1. The lowest BCUT2D eigenvalue weighted by Gasteiger charge is -2.36. The van der Waals surface area contributed by atoms with Gasteiger partial charge >= 0.3 is 0 Å². The third kappa shape index (κ3) is 5.33. The van der Waals surface area contributed by atoms with Crippen LogP contribution in [0.3, 0.4) is 0 Å². The number of carbonyl (C=O) groups excluding carboxylic acids is 1. The highest BCUT2D eigenvalue weighted by Crippen LogP contribution is 2.11. The Labute approximate surface area is 182 Å². The molecule has 1 aliphatic rings. The summed E-state index contributed by atoms with van der Waals surface area (Å²) < 4.78 is 7.29. The summed E-state index contributed by atoms with van der Waals surface area (Å²) in [4.78, 5) is 25.4. The fourth-order valence-electron chi connectivity index (χ4n) is 3.61. The van der Waals surface area contributed by atoms with Crippen molar-refractivity contribution in [2.45, 2.75) is 20.0 Å².